The summed E-state index contributed by atoms with van der Waals surface area (Å²) < 4.78 is 44.9. The molecule has 2 aromatic carbocycles. The summed E-state index contributed by atoms with van der Waals surface area (Å²) in [5.41, 5.74) is -0.833. The number of hydrogen-bond donors (Lipinski definition) is 0. The van der Waals surface area contributed by atoms with Gasteiger partial charge in [0.25, 0.3) is 0 Å². The largest absolute Gasteiger partial charge is 0.449 e. The maximum Gasteiger partial charge on any atom is 0.416 e. The van der Waals surface area contributed by atoms with Gasteiger partial charge in [-0.25, -0.2) is 0 Å². The third-order valence-electron chi connectivity index (χ3n) is 3.50. The molecule has 0 N–H and O–H groups in total. The number of rotatable bonds is 3. The van der Waals surface area contributed by atoms with Gasteiger partial charge in [0.2, 0.25) is 5.75 Å². The van der Waals surface area contributed by atoms with E-state index in [1.807, 2.05) is 49.4 Å². The zero-order valence-corrected chi connectivity index (χ0v) is 15.8. The fraction of sp³-hybridized carbons (Fsp3) is 0.294. The summed E-state index contributed by atoms with van der Waals surface area (Å²) in [6.07, 6.45) is -4.62. The maximum absolute atomic E-state index is 12.9. The van der Waals surface area contributed by atoms with Gasteiger partial charge >= 0.3 is 11.9 Å². The molecule has 0 aliphatic rings. The molecule has 0 saturated heterocycles. The van der Waals surface area contributed by atoms with Gasteiger partial charge in [-0.1, -0.05) is 26.8 Å². The van der Waals surface area contributed by atoms with E-state index in [-0.39, 0.29) is 11.2 Å². The number of benzene rings is 2. The van der Waals surface area contributed by atoms with E-state index < -0.39 is 28.1 Å². The Hall–Kier alpha value is -1.84. The molecule has 4 nitrogen and oxygen atoms in total. The van der Waals surface area contributed by atoms with Crippen LogP contribution in [-0.4, -0.2) is 4.92 Å². The van der Waals surface area contributed by atoms with E-state index >= 15 is 0 Å². The molecular weight excluding hydrogens is 450 g/mol. The SMILES string of the molecule is CC(C)(C)c1ccc(I)c(Oc2cc(C(F)(F)F)ccc2[N+](=O)[O-])c1. The van der Waals surface area contributed by atoms with Gasteiger partial charge in [-0.05, 0) is 51.8 Å². The standard InChI is InChI=1S/C17H15F3INO3/c1-16(2,3)10-4-6-12(21)14(8-10)25-15-9-11(17(18,19)20)5-7-13(15)22(23)24/h4-9H,1-3H3. The first kappa shape index (κ1) is 19.5. The number of halogens is 4. The van der Waals surface area contributed by atoms with Crippen LogP contribution in [0.25, 0.3) is 0 Å². The van der Waals surface area contributed by atoms with Crippen molar-refractivity contribution in [2.75, 3.05) is 0 Å². The summed E-state index contributed by atoms with van der Waals surface area (Å²) in [6.45, 7) is 5.93. The van der Waals surface area contributed by atoms with E-state index in [1.54, 1.807) is 12.1 Å². The fourth-order valence-electron chi connectivity index (χ4n) is 2.09. The van der Waals surface area contributed by atoms with Crippen molar-refractivity contribution in [3.63, 3.8) is 0 Å². The Kier molecular flexibility index (Phi) is 5.31. The van der Waals surface area contributed by atoms with E-state index in [0.29, 0.717) is 15.7 Å². The molecule has 0 fully saturated rings. The third kappa shape index (κ3) is 4.62. The first-order chi connectivity index (χ1) is 11.4. The van der Waals surface area contributed by atoms with E-state index in [1.165, 1.54) is 0 Å². The van der Waals surface area contributed by atoms with Gasteiger partial charge in [0.1, 0.15) is 5.75 Å². The highest BCUT2D eigenvalue weighted by molar-refractivity contribution is 14.1. The summed E-state index contributed by atoms with van der Waals surface area (Å²) in [5, 5.41) is 11.1. The number of ether oxygens (including phenoxy) is 1. The van der Waals surface area contributed by atoms with Crippen LogP contribution in [0.4, 0.5) is 18.9 Å². The van der Waals surface area contributed by atoms with Crippen LogP contribution in [0, 0.1) is 13.7 Å². The minimum Gasteiger partial charge on any atom is -0.449 e. The van der Waals surface area contributed by atoms with Gasteiger partial charge < -0.3 is 4.74 Å². The Bertz CT molecular complexity index is 814. The molecule has 134 valence electrons. The minimum absolute atomic E-state index is 0.206. The van der Waals surface area contributed by atoms with Crippen LogP contribution in [0.5, 0.6) is 11.5 Å². The van der Waals surface area contributed by atoms with Crippen molar-refractivity contribution in [1.82, 2.24) is 0 Å². The lowest BCUT2D eigenvalue weighted by Gasteiger charge is -2.20. The monoisotopic (exact) mass is 465 g/mol. The minimum atomic E-state index is -4.62. The average molecular weight is 465 g/mol. The van der Waals surface area contributed by atoms with Crippen LogP contribution in [0.3, 0.4) is 0 Å². The molecule has 2 aromatic rings. The van der Waals surface area contributed by atoms with E-state index in [9.17, 15) is 23.3 Å². The normalized spacial score (nSPS) is 12.1. The Labute approximate surface area is 156 Å². The molecule has 8 heteroatoms. The van der Waals surface area contributed by atoms with E-state index in [2.05, 4.69) is 0 Å². The highest BCUT2D eigenvalue weighted by atomic mass is 127. The van der Waals surface area contributed by atoms with Crippen molar-refractivity contribution in [1.29, 1.82) is 0 Å². The highest BCUT2D eigenvalue weighted by Gasteiger charge is 2.33. The molecule has 0 radical (unpaired) electrons. The predicted octanol–water partition coefficient (Wildman–Crippen LogP) is 6.31. The lowest BCUT2D eigenvalue weighted by Crippen LogP contribution is -2.11. The quantitative estimate of drug-likeness (QED) is 0.304. The molecule has 0 unspecified atom stereocenters. The molecule has 0 bridgehead atoms. The zero-order valence-electron chi connectivity index (χ0n) is 13.6. The van der Waals surface area contributed by atoms with Crippen LogP contribution in [-0.2, 0) is 11.6 Å². The first-order valence-electron chi connectivity index (χ1n) is 7.23. The zero-order chi connectivity index (χ0) is 19.0. The Balaban J connectivity index is 2.54. The molecule has 0 spiro atoms. The summed E-state index contributed by atoms with van der Waals surface area (Å²) in [4.78, 5) is 10.4. The molecule has 0 amide bonds. The number of nitro benzene ring substituents is 1. The van der Waals surface area contributed by atoms with Gasteiger partial charge in [0, 0.05) is 12.1 Å². The maximum atomic E-state index is 12.9. The molecule has 0 aliphatic heterocycles. The molecule has 0 aliphatic carbocycles. The van der Waals surface area contributed by atoms with Crippen molar-refractivity contribution in [3.05, 3.63) is 61.2 Å². The smallest absolute Gasteiger partial charge is 0.416 e. The lowest BCUT2D eigenvalue weighted by atomic mass is 9.87. The first-order valence-corrected chi connectivity index (χ1v) is 8.31. The van der Waals surface area contributed by atoms with Crippen molar-refractivity contribution in [3.8, 4) is 11.5 Å². The Morgan fingerprint density at radius 1 is 1.00 bits per heavy atom. The van der Waals surface area contributed by atoms with Crippen LogP contribution in [0.15, 0.2) is 36.4 Å². The Morgan fingerprint density at radius 2 is 1.56 bits per heavy atom. The number of hydrogen-bond acceptors (Lipinski definition) is 3. The van der Waals surface area contributed by atoms with Crippen LogP contribution < -0.4 is 4.74 Å². The van der Waals surface area contributed by atoms with Crippen LogP contribution in [0.1, 0.15) is 31.9 Å². The van der Waals surface area contributed by atoms with Crippen molar-refractivity contribution >= 4 is 28.3 Å². The molecule has 2 rings (SSSR count). The van der Waals surface area contributed by atoms with Gasteiger partial charge in [-0.2, -0.15) is 13.2 Å². The molecule has 0 saturated carbocycles. The molecular formula is C17H15F3INO3. The average Bonchev–Trinajstić information content (AvgIpc) is 2.47. The fourth-order valence-corrected chi connectivity index (χ4v) is 2.54. The van der Waals surface area contributed by atoms with E-state index in [4.69, 9.17) is 4.74 Å². The predicted molar refractivity (Wildman–Crippen MR) is 96.0 cm³/mol. The van der Waals surface area contributed by atoms with Crippen molar-refractivity contribution < 1.29 is 22.8 Å². The highest BCUT2D eigenvalue weighted by Crippen LogP contribution is 2.40. The van der Waals surface area contributed by atoms with Crippen molar-refractivity contribution in [2.45, 2.75) is 32.4 Å². The summed E-state index contributed by atoms with van der Waals surface area (Å²) in [6, 6.07) is 7.45. The number of alkyl halides is 3. The molecule has 0 aromatic heterocycles. The van der Waals surface area contributed by atoms with Gasteiger partial charge in [-0.15, -0.1) is 0 Å². The second kappa shape index (κ2) is 6.81. The number of nitro groups is 1. The summed E-state index contributed by atoms with van der Waals surface area (Å²) >= 11 is 1.97. The Morgan fingerprint density at radius 3 is 2.08 bits per heavy atom. The molecule has 0 atom stereocenters. The molecule has 0 heterocycles. The van der Waals surface area contributed by atoms with Gasteiger partial charge in [0.05, 0.1) is 14.1 Å². The lowest BCUT2D eigenvalue weighted by molar-refractivity contribution is -0.385. The van der Waals surface area contributed by atoms with Crippen LogP contribution >= 0.6 is 22.6 Å². The second-order valence-corrected chi connectivity index (χ2v) is 7.60. The van der Waals surface area contributed by atoms with Gasteiger partial charge in [0.15, 0.2) is 0 Å². The van der Waals surface area contributed by atoms with Gasteiger partial charge in [-0.3, -0.25) is 10.1 Å². The van der Waals surface area contributed by atoms with Crippen molar-refractivity contribution in [2.24, 2.45) is 0 Å². The summed E-state index contributed by atoms with van der Waals surface area (Å²) in [5.74, 6) is -0.167. The van der Waals surface area contributed by atoms with Crippen LogP contribution in [0.2, 0.25) is 0 Å². The second-order valence-electron chi connectivity index (χ2n) is 6.43. The number of nitrogens with zero attached hydrogens (tertiary/aromatic N) is 1. The summed E-state index contributed by atoms with van der Waals surface area (Å²) in [7, 11) is 0. The molecule has 25 heavy (non-hydrogen) atoms. The van der Waals surface area contributed by atoms with E-state index in [0.717, 1.165) is 11.6 Å². The topological polar surface area (TPSA) is 52.4 Å². The third-order valence-corrected chi connectivity index (χ3v) is 4.39.